The van der Waals surface area contributed by atoms with E-state index in [0.717, 1.165) is 30.3 Å². The molecule has 1 N–H and O–H groups in total. The van der Waals surface area contributed by atoms with Crippen molar-refractivity contribution in [1.82, 2.24) is 4.98 Å². The standard InChI is InChI=1S/C16H15F3N2O3S2/c1-10(25-14-8-5-12(9-20-14)16(17,18)19)15(22)11-3-6-13(7-4-11)21-26(2,23)24/h3-10,21H,1-2H3/t10-/m0/s1. The summed E-state index contributed by atoms with van der Waals surface area (Å²) in [6.07, 6.45) is -2.72. The van der Waals surface area contributed by atoms with Crippen LogP contribution in [0, 0.1) is 0 Å². The molecule has 10 heteroatoms. The van der Waals surface area contributed by atoms with Crippen LogP contribution >= 0.6 is 11.8 Å². The minimum absolute atomic E-state index is 0.248. The van der Waals surface area contributed by atoms with Crippen molar-refractivity contribution >= 4 is 33.3 Å². The monoisotopic (exact) mass is 404 g/mol. The first-order valence-corrected chi connectivity index (χ1v) is 10.0. The summed E-state index contributed by atoms with van der Waals surface area (Å²) in [4.78, 5) is 16.1. The molecule has 0 aliphatic heterocycles. The van der Waals surface area contributed by atoms with Gasteiger partial charge in [0.2, 0.25) is 10.0 Å². The number of aromatic nitrogens is 1. The SMILES string of the molecule is C[C@H](Sc1ccc(C(F)(F)F)cn1)C(=O)c1ccc(NS(C)(=O)=O)cc1. The number of ketones is 1. The molecule has 0 fully saturated rings. The molecule has 26 heavy (non-hydrogen) atoms. The zero-order chi connectivity index (χ0) is 19.5. The summed E-state index contributed by atoms with van der Waals surface area (Å²) in [7, 11) is -3.41. The Morgan fingerprint density at radius 1 is 1.15 bits per heavy atom. The Labute approximate surface area is 153 Å². The normalized spacial score (nSPS) is 13.3. The van der Waals surface area contributed by atoms with E-state index in [1.807, 2.05) is 0 Å². The zero-order valence-electron chi connectivity index (χ0n) is 13.7. The summed E-state index contributed by atoms with van der Waals surface area (Å²) in [6, 6.07) is 8.01. The van der Waals surface area contributed by atoms with E-state index < -0.39 is 27.0 Å². The molecule has 1 aromatic carbocycles. The first kappa shape index (κ1) is 20.2. The fourth-order valence-corrected chi connectivity index (χ4v) is 3.43. The highest BCUT2D eigenvalue weighted by atomic mass is 32.2. The highest BCUT2D eigenvalue weighted by Crippen LogP contribution is 2.31. The fraction of sp³-hybridized carbons (Fsp3) is 0.250. The number of pyridine rings is 1. The number of benzene rings is 1. The number of carbonyl (C=O) groups is 1. The molecule has 140 valence electrons. The predicted molar refractivity (Wildman–Crippen MR) is 93.8 cm³/mol. The van der Waals surface area contributed by atoms with Gasteiger partial charge in [0.25, 0.3) is 0 Å². The number of carbonyl (C=O) groups excluding carboxylic acids is 1. The van der Waals surface area contributed by atoms with Crippen LogP contribution in [0.1, 0.15) is 22.8 Å². The van der Waals surface area contributed by atoms with Gasteiger partial charge in [-0.25, -0.2) is 13.4 Å². The Bertz CT molecular complexity index is 880. The quantitative estimate of drug-likeness (QED) is 0.585. The average Bonchev–Trinajstić information content (AvgIpc) is 2.53. The summed E-state index contributed by atoms with van der Waals surface area (Å²) in [5.74, 6) is -0.248. The van der Waals surface area contributed by atoms with E-state index in [1.165, 1.54) is 30.3 Å². The van der Waals surface area contributed by atoms with Crippen LogP contribution in [0.2, 0.25) is 0 Å². The second kappa shape index (κ2) is 7.67. The third-order valence-electron chi connectivity index (χ3n) is 3.20. The lowest BCUT2D eigenvalue weighted by atomic mass is 10.1. The summed E-state index contributed by atoms with van der Waals surface area (Å²) < 4.78 is 62.2. The molecule has 0 bridgehead atoms. The minimum atomic E-state index is -4.46. The summed E-state index contributed by atoms with van der Waals surface area (Å²) in [6.45, 7) is 1.62. The van der Waals surface area contributed by atoms with Gasteiger partial charge in [-0.3, -0.25) is 9.52 Å². The molecule has 0 unspecified atom stereocenters. The van der Waals surface area contributed by atoms with Gasteiger partial charge in [0, 0.05) is 17.4 Å². The molecule has 0 saturated carbocycles. The number of nitrogens with zero attached hydrogens (tertiary/aromatic N) is 1. The topological polar surface area (TPSA) is 76.1 Å². The van der Waals surface area contributed by atoms with Crippen LogP contribution in [0.15, 0.2) is 47.6 Å². The third-order valence-corrected chi connectivity index (χ3v) is 4.86. The molecule has 2 aromatic rings. The van der Waals surface area contributed by atoms with Crippen LogP contribution in [0.25, 0.3) is 0 Å². The first-order valence-electron chi connectivity index (χ1n) is 7.28. The highest BCUT2D eigenvalue weighted by molar-refractivity contribution is 8.00. The van der Waals surface area contributed by atoms with Crippen molar-refractivity contribution in [2.45, 2.75) is 23.4 Å². The van der Waals surface area contributed by atoms with Crippen molar-refractivity contribution in [1.29, 1.82) is 0 Å². The molecule has 0 aliphatic carbocycles. The first-order chi connectivity index (χ1) is 12.0. The van der Waals surface area contributed by atoms with Gasteiger partial charge in [0.15, 0.2) is 5.78 Å². The smallest absolute Gasteiger partial charge is 0.293 e. The lowest BCUT2D eigenvalue weighted by Gasteiger charge is -2.11. The fourth-order valence-electron chi connectivity index (χ4n) is 2.00. The third kappa shape index (κ3) is 5.73. The van der Waals surface area contributed by atoms with Crippen molar-refractivity contribution < 1.29 is 26.4 Å². The molecular formula is C16H15F3N2O3S2. The van der Waals surface area contributed by atoms with Gasteiger partial charge in [-0.2, -0.15) is 13.2 Å². The van der Waals surface area contributed by atoms with Gasteiger partial charge >= 0.3 is 6.18 Å². The molecule has 0 spiro atoms. The summed E-state index contributed by atoms with van der Waals surface area (Å²) in [5, 5.41) is -0.276. The Morgan fingerprint density at radius 3 is 2.23 bits per heavy atom. The van der Waals surface area contributed by atoms with Crippen molar-refractivity contribution in [2.75, 3.05) is 11.0 Å². The molecule has 0 radical (unpaired) electrons. The van der Waals surface area contributed by atoms with Crippen molar-refractivity contribution in [3.05, 3.63) is 53.7 Å². The molecular weight excluding hydrogens is 389 g/mol. The number of hydrogen-bond acceptors (Lipinski definition) is 5. The molecule has 1 heterocycles. The van der Waals surface area contributed by atoms with Crippen molar-refractivity contribution in [3.8, 4) is 0 Å². The van der Waals surface area contributed by atoms with Gasteiger partial charge in [-0.15, -0.1) is 0 Å². The van der Waals surface area contributed by atoms with E-state index in [-0.39, 0.29) is 5.78 Å². The van der Waals surface area contributed by atoms with Crippen LogP contribution in [0.3, 0.4) is 0 Å². The van der Waals surface area contributed by atoms with Crippen LogP contribution < -0.4 is 4.72 Å². The van der Waals surface area contributed by atoms with E-state index in [9.17, 15) is 26.4 Å². The Balaban J connectivity index is 2.05. The molecule has 1 aromatic heterocycles. The average molecular weight is 404 g/mol. The van der Waals surface area contributed by atoms with E-state index in [4.69, 9.17) is 0 Å². The van der Waals surface area contributed by atoms with Crippen LogP contribution in [-0.2, 0) is 16.2 Å². The highest BCUT2D eigenvalue weighted by Gasteiger charge is 2.30. The number of sulfonamides is 1. The van der Waals surface area contributed by atoms with Gasteiger partial charge in [0.1, 0.15) is 0 Å². The maximum Gasteiger partial charge on any atom is 0.417 e. The second-order valence-corrected chi connectivity index (χ2v) is 8.57. The van der Waals surface area contributed by atoms with E-state index in [2.05, 4.69) is 9.71 Å². The van der Waals surface area contributed by atoms with Crippen molar-refractivity contribution in [2.24, 2.45) is 0 Å². The lowest BCUT2D eigenvalue weighted by Crippen LogP contribution is -2.14. The Kier molecular flexibility index (Phi) is 5.97. The molecule has 0 amide bonds. The maximum atomic E-state index is 12.5. The Morgan fingerprint density at radius 2 is 1.77 bits per heavy atom. The zero-order valence-corrected chi connectivity index (χ0v) is 15.4. The van der Waals surface area contributed by atoms with Crippen LogP contribution in [-0.4, -0.2) is 30.7 Å². The number of hydrogen-bond donors (Lipinski definition) is 1. The molecule has 2 rings (SSSR count). The van der Waals surface area contributed by atoms with Crippen molar-refractivity contribution in [3.63, 3.8) is 0 Å². The molecule has 0 saturated heterocycles. The number of halogens is 3. The van der Waals surface area contributed by atoms with E-state index in [0.29, 0.717) is 16.3 Å². The van der Waals surface area contributed by atoms with Crippen LogP contribution in [0.5, 0.6) is 0 Å². The predicted octanol–water partition coefficient (Wildman–Crippen LogP) is 3.84. The Hall–Kier alpha value is -2.07. The number of nitrogens with one attached hydrogen (secondary N) is 1. The van der Waals surface area contributed by atoms with Crippen LogP contribution in [0.4, 0.5) is 18.9 Å². The van der Waals surface area contributed by atoms with E-state index >= 15 is 0 Å². The largest absolute Gasteiger partial charge is 0.417 e. The summed E-state index contributed by atoms with van der Waals surface area (Å²) >= 11 is 1.04. The van der Waals surface area contributed by atoms with Gasteiger partial charge in [0.05, 0.1) is 22.1 Å². The minimum Gasteiger partial charge on any atom is -0.293 e. The summed E-state index contributed by atoms with van der Waals surface area (Å²) in [5.41, 5.74) is -0.167. The lowest BCUT2D eigenvalue weighted by molar-refractivity contribution is -0.137. The number of alkyl halides is 3. The number of anilines is 1. The maximum absolute atomic E-state index is 12.5. The number of rotatable bonds is 6. The molecule has 0 aliphatic rings. The second-order valence-electron chi connectivity index (χ2n) is 5.46. The molecule has 1 atom stereocenters. The molecule has 5 nitrogen and oxygen atoms in total. The number of thioether (sulfide) groups is 1. The van der Waals surface area contributed by atoms with Gasteiger partial charge in [-0.1, -0.05) is 11.8 Å². The van der Waals surface area contributed by atoms with Gasteiger partial charge < -0.3 is 0 Å². The van der Waals surface area contributed by atoms with E-state index in [1.54, 1.807) is 6.92 Å². The number of Topliss-reactive ketones (excluding diaryl/α,β-unsaturated/α-hetero) is 1. The van der Waals surface area contributed by atoms with Gasteiger partial charge in [-0.05, 0) is 43.3 Å².